The third-order valence-corrected chi connectivity index (χ3v) is 5.89. The Kier molecular flexibility index (Phi) is 6.31. The zero-order valence-corrected chi connectivity index (χ0v) is 18.0. The summed E-state index contributed by atoms with van der Waals surface area (Å²) in [6.45, 7) is 4.74. The molecule has 0 spiro atoms. The van der Waals surface area contributed by atoms with Crippen LogP contribution < -0.4 is 16.0 Å². The van der Waals surface area contributed by atoms with E-state index >= 15 is 0 Å². The maximum atomic E-state index is 12.1. The second-order valence-corrected chi connectivity index (χ2v) is 8.49. The van der Waals surface area contributed by atoms with E-state index in [1.165, 1.54) is 11.5 Å². The number of primary amides is 1. The Balaban J connectivity index is 1.85. The van der Waals surface area contributed by atoms with E-state index in [0.717, 1.165) is 23.5 Å². The molecule has 3 heterocycles. The SMILES string of the molecule is Cc1cc(Nc2nc(N3C[C@H](CC(=O)N(C)C)CC[C@@H]3C)cnc2C(N)=O)sn1. The van der Waals surface area contributed by atoms with Crippen molar-refractivity contribution >= 4 is 40.0 Å². The Hall–Kier alpha value is -2.75. The van der Waals surface area contributed by atoms with Gasteiger partial charge in [0, 0.05) is 33.1 Å². The average Bonchev–Trinajstić information content (AvgIpc) is 3.07. The minimum absolute atomic E-state index is 0.0869. The molecule has 10 heteroatoms. The van der Waals surface area contributed by atoms with E-state index in [-0.39, 0.29) is 23.6 Å². The fraction of sp³-hybridized carbons (Fsp3) is 0.526. The molecule has 2 aromatic heterocycles. The molecule has 0 bridgehead atoms. The molecule has 1 aliphatic rings. The van der Waals surface area contributed by atoms with Gasteiger partial charge in [0.1, 0.15) is 10.8 Å². The monoisotopic (exact) mass is 417 g/mol. The number of anilines is 3. The Bertz CT molecular complexity index is 898. The van der Waals surface area contributed by atoms with Gasteiger partial charge in [-0.15, -0.1) is 0 Å². The zero-order valence-electron chi connectivity index (χ0n) is 17.2. The third-order valence-electron chi connectivity index (χ3n) is 5.10. The van der Waals surface area contributed by atoms with Crippen molar-refractivity contribution in [3.63, 3.8) is 0 Å². The quantitative estimate of drug-likeness (QED) is 0.739. The summed E-state index contributed by atoms with van der Waals surface area (Å²) in [6, 6.07) is 2.13. The van der Waals surface area contributed by atoms with Crippen molar-refractivity contribution in [3.8, 4) is 0 Å². The fourth-order valence-electron chi connectivity index (χ4n) is 3.42. The number of nitrogens with zero attached hydrogens (tertiary/aromatic N) is 5. The van der Waals surface area contributed by atoms with Crippen LogP contribution >= 0.6 is 11.5 Å². The average molecular weight is 418 g/mol. The molecule has 2 aromatic rings. The Morgan fingerprint density at radius 1 is 1.38 bits per heavy atom. The van der Waals surface area contributed by atoms with Gasteiger partial charge in [-0.25, -0.2) is 9.97 Å². The van der Waals surface area contributed by atoms with Crippen molar-refractivity contribution < 1.29 is 9.59 Å². The van der Waals surface area contributed by atoms with E-state index in [2.05, 4.69) is 31.5 Å². The summed E-state index contributed by atoms with van der Waals surface area (Å²) in [5.41, 5.74) is 6.45. The number of carbonyl (C=O) groups is 2. The van der Waals surface area contributed by atoms with Crippen LogP contribution in [0.3, 0.4) is 0 Å². The number of rotatable bonds is 6. The first-order valence-electron chi connectivity index (χ1n) is 9.58. The van der Waals surface area contributed by atoms with Crippen LogP contribution in [0.25, 0.3) is 0 Å². The second kappa shape index (κ2) is 8.73. The summed E-state index contributed by atoms with van der Waals surface area (Å²) in [4.78, 5) is 36.7. The van der Waals surface area contributed by atoms with Crippen LogP contribution in [-0.4, -0.2) is 57.7 Å². The molecule has 0 aromatic carbocycles. The zero-order chi connectivity index (χ0) is 21.1. The van der Waals surface area contributed by atoms with E-state index < -0.39 is 5.91 Å². The second-order valence-electron chi connectivity index (χ2n) is 7.68. The van der Waals surface area contributed by atoms with Gasteiger partial charge < -0.3 is 20.9 Å². The fourth-order valence-corrected chi connectivity index (χ4v) is 4.08. The van der Waals surface area contributed by atoms with Gasteiger partial charge in [-0.3, -0.25) is 9.59 Å². The third kappa shape index (κ3) is 5.00. The van der Waals surface area contributed by atoms with Crippen LogP contribution in [0.5, 0.6) is 0 Å². The van der Waals surface area contributed by atoms with Gasteiger partial charge in [0.25, 0.3) is 5.91 Å². The molecule has 0 radical (unpaired) electrons. The summed E-state index contributed by atoms with van der Waals surface area (Å²) in [5.74, 6) is 0.710. The summed E-state index contributed by atoms with van der Waals surface area (Å²) >= 11 is 1.28. The van der Waals surface area contributed by atoms with Gasteiger partial charge >= 0.3 is 0 Å². The maximum absolute atomic E-state index is 12.1. The number of hydrogen-bond acceptors (Lipinski definition) is 8. The summed E-state index contributed by atoms with van der Waals surface area (Å²) in [7, 11) is 3.55. The number of aromatic nitrogens is 3. The van der Waals surface area contributed by atoms with Crippen LogP contribution in [0.1, 0.15) is 42.4 Å². The minimum atomic E-state index is -0.645. The Morgan fingerprint density at radius 3 is 2.76 bits per heavy atom. The number of nitrogens with two attached hydrogens (primary N) is 1. The van der Waals surface area contributed by atoms with E-state index in [0.29, 0.717) is 24.6 Å². The van der Waals surface area contributed by atoms with Gasteiger partial charge in [0.05, 0.1) is 11.9 Å². The van der Waals surface area contributed by atoms with Crippen molar-refractivity contribution in [3.05, 3.63) is 23.7 Å². The minimum Gasteiger partial charge on any atom is -0.364 e. The molecule has 0 saturated carbocycles. The first kappa shape index (κ1) is 21.0. The lowest BCUT2D eigenvalue weighted by atomic mass is 9.90. The lowest BCUT2D eigenvalue weighted by Crippen LogP contribution is -2.43. The molecular formula is C19H27N7O2S. The number of hydrogen-bond donors (Lipinski definition) is 2. The summed E-state index contributed by atoms with van der Waals surface area (Å²) in [6.07, 6.45) is 4.04. The molecule has 1 fully saturated rings. The molecular weight excluding hydrogens is 390 g/mol. The Morgan fingerprint density at radius 2 is 2.14 bits per heavy atom. The highest BCUT2D eigenvalue weighted by molar-refractivity contribution is 7.10. The van der Waals surface area contributed by atoms with E-state index in [4.69, 9.17) is 5.73 Å². The van der Waals surface area contributed by atoms with Crippen LogP contribution in [-0.2, 0) is 4.79 Å². The molecule has 9 nitrogen and oxygen atoms in total. The topological polar surface area (TPSA) is 117 Å². The van der Waals surface area contributed by atoms with E-state index in [1.54, 1.807) is 25.2 Å². The molecule has 156 valence electrons. The number of carbonyl (C=O) groups excluding carboxylic acids is 2. The largest absolute Gasteiger partial charge is 0.364 e. The molecule has 3 rings (SSSR count). The lowest BCUT2D eigenvalue weighted by molar-refractivity contribution is -0.129. The molecule has 2 atom stereocenters. The molecule has 0 unspecified atom stereocenters. The normalized spacial score (nSPS) is 19.1. The molecule has 1 aliphatic heterocycles. The highest BCUT2D eigenvalue weighted by Crippen LogP contribution is 2.30. The first-order chi connectivity index (χ1) is 13.7. The van der Waals surface area contributed by atoms with Crippen molar-refractivity contribution in [1.82, 2.24) is 19.2 Å². The Labute approximate surface area is 174 Å². The van der Waals surface area contributed by atoms with Crippen molar-refractivity contribution in [2.75, 3.05) is 30.9 Å². The molecule has 2 amide bonds. The standard InChI is InChI=1S/C19H27N7O2S/c1-11-7-15(29-24-11)23-19-17(18(20)28)21-9-14(22-19)26-10-13(6-5-12(26)2)8-16(27)25(3)4/h7,9,12-13H,5-6,8,10H2,1-4H3,(H2,20,28)(H,22,23)/t12-,13-/m0/s1. The molecule has 3 N–H and O–H groups in total. The van der Waals surface area contributed by atoms with Gasteiger partial charge in [0.2, 0.25) is 5.91 Å². The molecule has 29 heavy (non-hydrogen) atoms. The predicted octanol–water partition coefficient (Wildman–Crippen LogP) is 2.17. The van der Waals surface area contributed by atoms with Gasteiger partial charge in [-0.1, -0.05) is 0 Å². The highest BCUT2D eigenvalue weighted by atomic mass is 32.1. The first-order valence-corrected chi connectivity index (χ1v) is 10.4. The number of amides is 2. The maximum Gasteiger partial charge on any atom is 0.271 e. The summed E-state index contributed by atoms with van der Waals surface area (Å²) in [5, 5.41) is 3.88. The highest BCUT2D eigenvalue weighted by Gasteiger charge is 2.29. The molecule has 0 aliphatic carbocycles. The van der Waals surface area contributed by atoms with Gasteiger partial charge in [-0.05, 0) is 50.2 Å². The number of nitrogens with one attached hydrogen (secondary N) is 1. The van der Waals surface area contributed by atoms with Crippen LogP contribution in [0.2, 0.25) is 0 Å². The summed E-state index contributed by atoms with van der Waals surface area (Å²) < 4.78 is 4.23. The van der Waals surface area contributed by atoms with Crippen LogP contribution in [0, 0.1) is 12.8 Å². The van der Waals surface area contributed by atoms with Crippen LogP contribution in [0.4, 0.5) is 16.6 Å². The number of piperidine rings is 1. The smallest absolute Gasteiger partial charge is 0.271 e. The number of aryl methyl sites for hydroxylation is 1. The van der Waals surface area contributed by atoms with Crippen molar-refractivity contribution in [1.29, 1.82) is 0 Å². The molecule has 1 saturated heterocycles. The van der Waals surface area contributed by atoms with Gasteiger partial charge in [-0.2, -0.15) is 4.37 Å². The van der Waals surface area contributed by atoms with Crippen molar-refractivity contribution in [2.24, 2.45) is 11.7 Å². The van der Waals surface area contributed by atoms with Crippen molar-refractivity contribution in [2.45, 2.75) is 39.2 Å². The lowest BCUT2D eigenvalue weighted by Gasteiger charge is -2.39. The van der Waals surface area contributed by atoms with E-state index in [9.17, 15) is 9.59 Å². The van der Waals surface area contributed by atoms with Gasteiger partial charge in [0.15, 0.2) is 11.5 Å². The van der Waals surface area contributed by atoms with Crippen LogP contribution in [0.15, 0.2) is 12.3 Å². The predicted molar refractivity (Wildman–Crippen MR) is 114 cm³/mol. The van der Waals surface area contributed by atoms with E-state index in [1.807, 2.05) is 13.0 Å².